The first-order valence-electron chi connectivity index (χ1n) is 11.9. The van der Waals surface area contributed by atoms with Gasteiger partial charge in [0.05, 0.1) is 53.0 Å². The first kappa shape index (κ1) is 26.9. The van der Waals surface area contributed by atoms with Crippen LogP contribution in [0.5, 0.6) is 28.7 Å². The summed E-state index contributed by atoms with van der Waals surface area (Å²) in [6.45, 7) is 4.21. The van der Waals surface area contributed by atoms with Gasteiger partial charge in [0.25, 0.3) is 0 Å². The highest BCUT2D eigenvalue weighted by Gasteiger charge is 2.32. The van der Waals surface area contributed by atoms with Gasteiger partial charge in [-0.1, -0.05) is 13.8 Å². The van der Waals surface area contributed by atoms with E-state index in [0.29, 0.717) is 42.4 Å². The number of sulfone groups is 1. The average molecular weight is 509 g/mol. The molecule has 0 N–H and O–H groups in total. The van der Waals surface area contributed by atoms with Crippen LogP contribution in [0.2, 0.25) is 0 Å². The first-order chi connectivity index (χ1) is 16.8. The summed E-state index contributed by atoms with van der Waals surface area (Å²) >= 11 is 0. The van der Waals surface area contributed by atoms with E-state index < -0.39 is 9.84 Å². The minimum atomic E-state index is -3.55. The highest BCUT2D eigenvalue weighted by Crippen LogP contribution is 2.48. The Balaban J connectivity index is 1.98. The maximum atomic E-state index is 13.1. The molecule has 1 heterocycles. The normalized spacial score (nSPS) is 17.8. The molecule has 2 aromatic carbocycles. The molecule has 0 spiro atoms. The molecule has 0 aliphatic carbocycles. The SMILES string of the molecule is CCCOc1c(OC)cc([C@@H]2CC[C@@H](c3cc(OC)c(OC)c(OC)c3)O2)cc1S(=O)(=O)CCC. The summed E-state index contributed by atoms with van der Waals surface area (Å²) in [6.07, 6.45) is 2.20. The Morgan fingerprint density at radius 3 is 1.74 bits per heavy atom. The fraction of sp³-hybridized carbons (Fsp3) is 0.538. The van der Waals surface area contributed by atoms with Gasteiger partial charge in [-0.25, -0.2) is 8.42 Å². The van der Waals surface area contributed by atoms with Gasteiger partial charge in [-0.15, -0.1) is 0 Å². The Morgan fingerprint density at radius 2 is 1.29 bits per heavy atom. The Kier molecular flexibility index (Phi) is 9.13. The Labute approximate surface area is 208 Å². The number of rotatable bonds is 12. The first-order valence-corrected chi connectivity index (χ1v) is 13.5. The van der Waals surface area contributed by atoms with E-state index in [2.05, 4.69) is 0 Å². The summed E-state index contributed by atoms with van der Waals surface area (Å²) in [6, 6.07) is 7.26. The fourth-order valence-corrected chi connectivity index (χ4v) is 5.82. The Bertz CT molecular complexity index is 1090. The van der Waals surface area contributed by atoms with Crippen molar-refractivity contribution in [1.29, 1.82) is 0 Å². The molecular formula is C26H36O8S. The van der Waals surface area contributed by atoms with Gasteiger partial charge in [0.15, 0.2) is 32.8 Å². The molecule has 0 radical (unpaired) electrons. The predicted molar refractivity (Wildman–Crippen MR) is 133 cm³/mol. The second kappa shape index (κ2) is 11.9. The van der Waals surface area contributed by atoms with E-state index in [9.17, 15) is 8.42 Å². The van der Waals surface area contributed by atoms with Crippen LogP contribution in [0.4, 0.5) is 0 Å². The lowest BCUT2D eigenvalue weighted by Crippen LogP contribution is -2.12. The number of benzene rings is 2. The predicted octanol–water partition coefficient (Wildman–Crippen LogP) is 5.29. The zero-order valence-electron chi connectivity index (χ0n) is 21.4. The van der Waals surface area contributed by atoms with Crippen molar-refractivity contribution in [3.05, 3.63) is 35.4 Å². The lowest BCUT2D eigenvalue weighted by atomic mass is 10.0. The molecule has 35 heavy (non-hydrogen) atoms. The molecule has 0 unspecified atom stereocenters. The molecule has 0 aromatic heterocycles. The molecule has 2 atom stereocenters. The van der Waals surface area contributed by atoms with E-state index in [-0.39, 0.29) is 28.6 Å². The van der Waals surface area contributed by atoms with Crippen molar-refractivity contribution < 1.29 is 36.8 Å². The zero-order chi connectivity index (χ0) is 25.6. The quantitative estimate of drug-likeness (QED) is 0.382. The summed E-state index contributed by atoms with van der Waals surface area (Å²) in [4.78, 5) is 0.155. The lowest BCUT2D eigenvalue weighted by molar-refractivity contribution is 0.0435. The molecule has 0 saturated carbocycles. The third-order valence-electron chi connectivity index (χ3n) is 5.97. The van der Waals surface area contributed by atoms with E-state index >= 15 is 0 Å². The molecule has 1 aliphatic rings. The van der Waals surface area contributed by atoms with Gasteiger partial charge in [0.1, 0.15) is 4.90 Å². The molecule has 1 saturated heterocycles. The van der Waals surface area contributed by atoms with Crippen molar-refractivity contribution >= 4 is 9.84 Å². The number of methoxy groups -OCH3 is 4. The Morgan fingerprint density at radius 1 is 0.771 bits per heavy atom. The van der Waals surface area contributed by atoms with Crippen LogP contribution in [0.25, 0.3) is 0 Å². The fourth-order valence-electron chi connectivity index (χ4n) is 4.31. The van der Waals surface area contributed by atoms with Crippen molar-refractivity contribution in [2.75, 3.05) is 40.8 Å². The lowest BCUT2D eigenvalue weighted by Gasteiger charge is -2.20. The number of ether oxygens (including phenoxy) is 6. The van der Waals surface area contributed by atoms with Crippen LogP contribution in [-0.4, -0.2) is 49.2 Å². The third-order valence-corrected chi connectivity index (χ3v) is 7.89. The molecule has 9 heteroatoms. The van der Waals surface area contributed by atoms with Crippen LogP contribution in [-0.2, 0) is 14.6 Å². The number of hydrogen-bond donors (Lipinski definition) is 0. The summed E-state index contributed by atoms with van der Waals surface area (Å²) < 4.78 is 60.4. The van der Waals surface area contributed by atoms with Gasteiger partial charge in [-0.3, -0.25) is 0 Å². The summed E-state index contributed by atoms with van der Waals surface area (Å²) in [5, 5.41) is 0. The van der Waals surface area contributed by atoms with Crippen molar-refractivity contribution in [2.24, 2.45) is 0 Å². The Hall–Kier alpha value is -2.65. The van der Waals surface area contributed by atoms with Crippen molar-refractivity contribution in [3.8, 4) is 28.7 Å². The second-order valence-corrected chi connectivity index (χ2v) is 10.4. The van der Waals surface area contributed by atoms with Gasteiger partial charge in [0, 0.05) is 0 Å². The summed E-state index contributed by atoms with van der Waals surface area (Å²) in [5.41, 5.74) is 1.64. The smallest absolute Gasteiger partial charge is 0.203 e. The average Bonchev–Trinajstić information content (AvgIpc) is 3.36. The van der Waals surface area contributed by atoms with Gasteiger partial charge >= 0.3 is 0 Å². The van der Waals surface area contributed by atoms with Crippen LogP contribution in [0.15, 0.2) is 29.2 Å². The zero-order valence-corrected chi connectivity index (χ0v) is 22.2. The highest BCUT2D eigenvalue weighted by molar-refractivity contribution is 7.91. The standard InChI is InChI=1S/C26H36O8S/c1-7-11-33-26-23(31-5)15-18(16-24(26)35(27,28)12-8-2)20-10-9-19(34-20)17-13-21(29-3)25(32-6)22(14-17)30-4/h13-16,19-20H,7-12H2,1-6H3/t19-,20-/m0/s1. The molecular weight excluding hydrogens is 472 g/mol. The summed E-state index contributed by atoms with van der Waals surface area (Å²) in [5.74, 6) is 2.33. The van der Waals surface area contributed by atoms with E-state index in [1.807, 2.05) is 32.0 Å². The molecule has 1 fully saturated rings. The van der Waals surface area contributed by atoms with Crippen LogP contribution < -0.4 is 23.7 Å². The van der Waals surface area contributed by atoms with Gasteiger partial charge in [-0.05, 0) is 61.1 Å². The van der Waals surface area contributed by atoms with Crippen LogP contribution in [0, 0.1) is 0 Å². The van der Waals surface area contributed by atoms with E-state index in [1.165, 1.54) is 7.11 Å². The maximum Gasteiger partial charge on any atom is 0.203 e. The van der Waals surface area contributed by atoms with Gasteiger partial charge < -0.3 is 28.4 Å². The maximum absolute atomic E-state index is 13.1. The highest BCUT2D eigenvalue weighted by atomic mass is 32.2. The molecule has 1 aliphatic heterocycles. The van der Waals surface area contributed by atoms with Crippen molar-refractivity contribution in [3.63, 3.8) is 0 Å². The minimum Gasteiger partial charge on any atom is -0.493 e. The molecule has 3 rings (SSSR count). The molecule has 0 amide bonds. The van der Waals surface area contributed by atoms with Crippen LogP contribution >= 0.6 is 0 Å². The monoisotopic (exact) mass is 508 g/mol. The second-order valence-electron chi connectivity index (χ2n) is 8.37. The molecule has 2 aromatic rings. The van der Waals surface area contributed by atoms with E-state index in [0.717, 1.165) is 24.0 Å². The molecule has 194 valence electrons. The third kappa shape index (κ3) is 5.78. The van der Waals surface area contributed by atoms with Crippen LogP contribution in [0.1, 0.15) is 62.9 Å². The van der Waals surface area contributed by atoms with E-state index in [1.54, 1.807) is 27.4 Å². The van der Waals surface area contributed by atoms with Gasteiger partial charge in [0.2, 0.25) is 5.75 Å². The summed E-state index contributed by atoms with van der Waals surface area (Å²) in [7, 11) is 2.68. The van der Waals surface area contributed by atoms with E-state index in [4.69, 9.17) is 28.4 Å². The van der Waals surface area contributed by atoms with Crippen molar-refractivity contribution in [2.45, 2.75) is 56.6 Å². The van der Waals surface area contributed by atoms with Crippen molar-refractivity contribution in [1.82, 2.24) is 0 Å². The molecule has 8 nitrogen and oxygen atoms in total. The van der Waals surface area contributed by atoms with Crippen LogP contribution in [0.3, 0.4) is 0 Å². The van der Waals surface area contributed by atoms with Gasteiger partial charge in [-0.2, -0.15) is 0 Å². The topological polar surface area (TPSA) is 89.5 Å². The minimum absolute atomic E-state index is 0.0294. The largest absolute Gasteiger partial charge is 0.493 e. The molecule has 0 bridgehead atoms. The number of hydrogen-bond acceptors (Lipinski definition) is 8.